The van der Waals surface area contributed by atoms with Crippen LogP contribution < -0.4 is 9.47 Å². The molecular weight excluding hydrogens is 357 g/mol. The summed E-state index contributed by atoms with van der Waals surface area (Å²) >= 11 is 6.34. The summed E-state index contributed by atoms with van der Waals surface area (Å²) < 4.78 is 25.5. The predicted octanol–water partition coefficient (Wildman–Crippen LogP) is 4.38. The van der Waals surface area contributed by atoms with Crippen molar-refractivity contribution in [2.75, 3.05) is 20.8 Å². The first-order chi connectivity index (χ1) is 12.5. The monoisotopic (exact) mass is 377 g/mol. The van der Waals surface area contributed by atoms with E-state index in [9.17, 15) is 9.18 Å². The molecule has 2 aromatic carbocycles. The largest absolute Gasteiger partial charge is 0.493 e. The average Bonchev–Trinajstić information content (AvgIpc) is 2.66. The summed E-state index contributed by atoms with van der Waals surface area (Å²) in [5, 5.41) is 0.298. The first-order valence-electron chi connectivity index (χ1n) is 8.50. The van der Waals surface area contributed by atoms with Crippen molar-refractivity contribution in [3.8, 4) is 11.5 Å². The number of nitrogens with zero attached hydrogens (tertiary/aromatic N) is 1. The lowest BCUT2D eigenvalue weighted by Gasteiger charge is -2.38. The Hall–Kier alpha value is -2.27. The highest BCUT2D eigenvalue weighted by Crippen LogP contribution is 2.43. The number of hydrogen-bond donors (Lipinski definition) is 0. The number of halogens is 2. The van der Waals surface area contributed by atoms with Crippen molar-refractivity contribution in [3.05, 3.63) is 57.9 Å². The van der Waals surface area contributed by atoms with Gasteiger partial charge in [0.2, 0.25) is 5.91 Å². The van der Waals surface area contributed by atoms with Crippen molar-refractivity contribution in [2.24, 2.45) is 0 Å². The second kappa shape index (κ2) is 7.54. The maximum atomic E-state index is 14.7. The molecule has 0 spiro atoms. The number of rotatable bonds is 4. The highest BCUT2D eigenvalue weighted by atomic mass is 35.5. The molecule has 26 heavy (non-hydrogen) atoms. The van der Waals surface area contributed by atoms with Gasteiger partial charge in [0.05, 0.1) is 20.3 Å². The minimum absolute atomic E-state index is 0.0465. The van der Waals surface area contributed by atoms with Gasteiger partial charge in [-0.2, -0.15) is 0 Å². The summed E-state index contributed by atoms with van der Waals surface area (Å²) in [4.78, 5) is 14.3. The van der Waals surface area contributed by atoms with Crippen molar-refractivity contribution in [1.82, 2.24) is 4.90 Å². The van der Waals surface area contributed by atoms with E-state index in [0.29, 0.717) is 41.5 Å². The fraction of sp³-hybridized carbons (Fsp3) is 0.350. The Labute approximate surface area is 157 Å². The molecule has 6 heteroatoms. The number of amides is 1. The van der Waals surface area contributed by atoms with Gasteiger partial charge in [0.1, 0.15) is 5.82 Å². The average molecular weight is 378 g/mol. The van der Waals surface area contributed by atoms with Crippen LogP contribution in [0.4, 0.5) is 4.39 Å². The minimum atomic E-state index is -0.597. The van der Waals surface area contributed by atoms with Gasteiger partial charge in [0.25, 0.3) is 0 Å². The van der Waals surface area contributed by atoms with Crippen molar-refractivity contribution in [1.29, 1.82) is 0 Å². The summed E-state index contributed by atoms with van der Waals surface area (Å²) in [7, 11) is 3.12. The summed E-state index contributed by atoms with van der Waals surface area (Å²) in [5.41, 5.74) is 2.11. The van der Waals surface area contributed by atoms with E-state index in [4.69, 9.17) is 21.1 Å². The highest BCUT2D eigenvalue weighted by molar-refractivity contribution is 6.31. The number of carbonyl (C=O) groups is 1. The summed E-state index contributed by atoms with van der Waals surface area (Å²) in [6.07, 6.45) is 0.995. The smallest absolute Gasteiger partial charge is 0.223 e. The Kier molecular flexibility index (Phi) is 5.37. The fourth-order valence-corrected chi connectivity index (χ4v) is 3.77. The zero-order chi connectivity index (χ0) is 18.8. The van der Waals surface area contributed by atoms with E-state index in [1.807, 2.05) is 12.1 Å². The Morgan fingerprint density at radius 1 is 1.27 bits per heavy atom. The summed E-state index contributed by atoms with van der Waals surface area (Å²) in [5.74, 6) is 0.670. The predicted molar refractivity (Wildman–Crippen MR) is 98.5 cm³/mol. The molecular formula is C20H21ClFNO3. The Morgan fingerprint density at radius 2 is 1.96 bits per heavy atom. The molecule has 1 aliphatic heterocycles. The molecule has 0 radical (unpaired) electrons. The molecule has 0 fully saturated rings. The maximum Gasteiger partial charge on any atom is 0.223 e. The lowest BCUT2D eigenvalue weighted by molar-refractivity contribution is -0.133. The highest BCUT2D eigenvalue weighted by Gasteiger charge is 2.35. The van der Waals surface area contributed by atoms with Crippen LogP contribution in [0, 0.1) is 5.82 Å². The number of ether oxygens (including phenoxy) is 2. The van der Waals surface area contributed by atoms with Gasteiger partial charge < -0.3 is 14.4 Å². The molecule has 0 aliphatic carbocycles. The van der Waals surface area contributed by atoms with Crippen LogP contribution in [-0.2, 0) is 11.2 Å². The molecule has 0 saturated heterocycles. The Balaban J connectivity index is 2.25. The lowest BCUT2D eigenvalue weighted by atomic mass is 9.87. The van der Waals surface area contributed by atoms with Crippen molar-refractivity contribution in [2.45, 2.75) is 25.8 Å². The minimum Gasteiger partial charge on any atom is -0.493 e. The number of carbonyl (C=O) groups excluding carboxylic acids is 1. The van der Waals surface area contributed by atoms with E-state index in [1.165, 1.54) is 6.07 Å². The standard InChI is InChI=1S/C20H21ClFNO3/c1-4-18(24)23-9-8-12-10-16(25-2)17(26-3)11-13(12)20(23)19-14(21)6-5-7-15(19)22/h5-7,10-11,20H,4,8-9H2,1-3H3. The Morgan fingerprint density at radius 3 is 2.58 bits per heavy atom. The van der Waals surface area contributed by atoms with Gasteiger partial charge in [-0.1, -0.05) is 24.6 Å². The van der Waals surface area contributed by atoms with Crippen molar-refractivity contribution >= 4 is 17.5 Å². The molecule has 4 nitrogen and oxygen atoms in total. The van der Waals surface area contributed by atoms with Crippen LogP contribution in [0.1, 0.15) is 36.1 Å². The number of benzene rings is 2. The van der Waals surface area contributed by atoms with E-state index in [2.05, 4.69) is 0 Å². The van der Waals surface area contributed by atoms with E-state index >= 15 is 0 Å². The lowest BCUT2D eigenvalue weighted by Crippen LogP contribution is -2.40. The van der Waals surface area contributed by atoms with Crippen LogP contribution in [0.2, 0.25) is 5.02 Å². The molecule has 1 amide bonds. The molecule has 0 N–H and O–H groups in total. The number of hydrogen-bond acceptors (Lipinski definition) is 3. The van der Waals surface area contributed by atoms with E-state index < -0.39 is 11.9 Å². The SMILES string of the molecule is CCC(=O)N1CCc2cc(OC)c(OC)cc2C1c1c(F)cccc1Cl. The van der Waals surface area contributed by atoms with Crippen LogP contribution in [0.25, 0.3) is 0 Å². The molecule has 2 aromatic rings. The third-order valence-corrected chi connectivity index (χ3v) is 5.10. The van der Waals surface area contributed by atoms with Crippen LogP contribution in [0.15, 0.2) is 30.3 Å². The molecule has 0 aromatic heterocycles. The second-order valence-corrected chi connectivity index (χ2v) is 6.54. The topological polar surface area (TPSA) is 38.8 Å². The molecule has 3 rings (SSSR count). The van der Waals surface area contributed by atoms with E-state index in [-0.39, 0.29) is 5.91 Å². The number of fused-ring (bicyclic) bond motifs is 1. The van der Waals surface area contributed by atoms with Gasteiger partial charge >= 0.3 is 0 Å². The zero-order valence-corrected chi connectivity index (χ0v) is 15.8. The molecule has 1 atom stereocenters. The zero-order valence-electron chi connectivity index (χ0n) is 15.0. The van der Waals surface area contributed by atoms with Crippen molar-refractivity contribution < 1.29 is 18.7 Å². The maximum absolute atomic E-state index is 14.7. The van der Waals surface area contributed by atoms with Crippen LogP contribution in [0.3, 0.4) is 0 Å². The first-order valence-corrected chi connectivity index (χ1v) is 8.87. The third kappa shape index (κ3) is 3.12. The second-order valence-electron chi connectivity index (χ2n) is 6.13. The van der Waals surface area contributed by atoms with Gasteiger partial charge in [-0.15, -0.1) is 0 Å². The van der Waals surface area contributed by atoms with Crippen molar-refractivity contribution in [3.63, 3.8) is 0 Å². The normalized spacial score (nSPS) is 16.2. The van der Waals surface area contributed by atoms with Gasteiger partial charge in [0, 0.05) is 23.6 Å². The molecule has 138 valence electrons. The summed E-state index contributed by atoms with van der Waals surface area (Å²) in [6, 6.07) is 7.68. The molecule has 1 unspecified atom stereocenters. The third-order valence-electron chi connectivity index (χ3n) is 4.77. The van der Waals surface area contributed by atoms with E-state index in [0.717, 1.165) is 11.1 Å². The van der Waals surface area contributed by atoms with Crippen LogP contribution >= 0.6 is 11.6 Å². The quantitative estimate of drug-likeness (QED) is 0.793. The molecule has 1 heterocycles. The summed E-state index contributed by atoms with van der Waals surface area (Å²) in [6.45, 7) is 2.29. The molecule has 1 aliphatic rings. The Bertz CT molecular complexity index is 820. The molecule has 0 saturated carbocycles. The van der Waals surface area contributed by atoms with Crippen LogP contribution in [-0.4, -0.2) is 31.6 Å². The van der Waals surface area contributed by atoms with E-state index in [1.54, 1.807) is 38.2 Å². The van der Waals surface area contributed by atoms with Crippen LogP contribution in [0.5, 0.6) is 11.5 Å². The first kappa shape index (κ1) is 18.5. The van der Waals surface area contributed by atoms with Gasteiger partial charge in [-0.25, -0.2) is 4.39 Å². The number of methoxy groups -OCH3 is 2. The van der Waals surface area contributed by atoms with Gasteiger partial charge in [-0.3, -0.25) is 4.79 Å². The fourth-order valence-electron chi connectivity index (χ4n) is 3.50. The van der Waals surface area contributed by atoms with Gasteiger partial charge in [-0.05, 0) is 41.8 Å². The molecule has 0 bridgehead atoms. The van der Waals surface area contributed by atoms with Gasteiger partial charge in [0.15, 0.2) is 11.5 Å².